The molecular formula is C11H19F3N4O. The van der Waals surface area contributed by atoms with Crippen molar-refractivity contribution in [3.05, 3.63) is 0 Å². The van der Waals surface area contributed by atoms with E-state index in [4.69, 9.17) is 5.73 Å². The molecule has 2 rings (SSSR count). The zero-order valence-electron chi connectivity index (χ0n) is 10.8. The van der Waals surface area contributed by atoms with E-state index in [9.17, 15) is 18.0 Å². The van der Waals surface area contributed by atoms with E-state index in [1.165, 1.54) is 4.90 Å². The van der Waals surface area contributed by atoms with Crippen molar-refractivity contribution in [2.75, 3.05) is 26.2 Å². The summed E-state index contributed by atoms with van der Waals surface area (Å²) in [6.07, 6.45) is -4.07. The van der Waals surface area contributed by atoms with E-state index in [0.717, 1.165) is 0 Å². The summed E-state index contributed by atoms with van der Waals surface area (Å²) in [5.74, 6) is 0. The van der Waals surface area contributed by atoms with Gasteiger partial charge in [-0.3, -0.25) is 4.90 Å². The van der Waals surface area contributed by atoms with Gasteiger partial charge in [-0.05, 0) is 6.42 Å². The first-order valence-electron chi connectivity index (χ1n) is 6.45. The fraction of sp³-hybridized carbons (Fsp3) is 0.909. The minimum atomic E-state index is -4.34. The molecule has 2 saturated heterocycles. The predicted octanol–water partition coefficient (Wildman–Crippen LogP) is 0.364. The van der Waals surface area contributed by atoms with E-state index in [1.54, 1.807) is 11.8 Å². The van der Waals surface area contributed by atoms with E-state index in [1.807, 2.05) is 0 Å². The van der Waals surface area contributed by atoms with E-state index >= 15 is 0 Å². The van der Waals surface area contributed by atoms with Gasteiger partial charge < -0.3 is 16.0 Å². The number of carbonyl (C=O) groups excluding carboxylic acids is 1. The molecule has 0 aliphatic carbocycles. The third-order valence-corrected chi connectivity index (χ3v) is 3.87. The van der Waals surface area contributed by atoms with Gasteiger partial charge in [-0.1, -0.05) is 6.92 Å². The van der Waals surface area contributed by atoms with Crippen LogP contribution in [0.5, 0.6) is 0 Å². The molecule has 3 N–H and O–H groups in total. The third kappa shape index (κ3) is 2.79. The second kappa shape index (κ2) is 5.16. The molecule has 0 spiro atoms. The zero-order valence-corrected chi connectivity index (χ0v) is 10.8. The van der Waals surface area contributed by atoms with E-state index in [0.29, 0.717) is 13.1 Å². The summed E-state index contributed by atoms with van der Waals surface area (Å²) in [5, 5.41) is 2.65. The van der Waals surface area contributed by atoms with Crippen LogP contribution in [-0.2, 0) is 0 Å². The average Bonchev–Trinajstić information content (AvgIpc) is 2.69. The number of urea groups is 1. The number of carbonyl (C=O) groups is 1. The lowest BCUT2D eigenvalue weighted by Gasteiger charge is -2.43. The summed E-state index contributed by atoms with van der Waals surface area (Å²) in [5.41, 5.74) is 5.64. The Morgan fingerprint density at radius 3 is 2.74 bits per heavy atom. The topological polar surface area (TPSA) is 61.6 Å². The van der Waals surface area contributed by atoms with Crippen LogP contribution in [0.25, 0.3) is 0 Å². The quantitative estimate of drug-likeness (QED) is 0.785. The van der Waals surface area contributed by atoms with Gasteiger partial charge in [0.25, 0.3) is 0 Å². The Morgan fingerprint density at radius 2 is 2.16 bits per heavy atom. The number of rotatable bonds is 3. The maximum Gasteiger partial charge on any atom is 0.405 e. The van der Waals surface area contributed by atoms with Gasteiger partial charge in [-0.2, -0.15) is 13.2 Å². The summed E-state index contributed by atoms with van der Waals surface area (Å²) >= 11 is 0. The minimum Gasteiger partial charge on any atom is -0.336 e. The molecule has 0 bridgehead atoms. The lowest BCUT2D eigenvalue weighted by Crippen LogP contribution is -2.63. The molecule has 2 heterocycles. The molecule has 2 fully saturated rings. The van der Waals surface area contributed by atoms with Gasteiger partial charge in [-0.15, -0.1) is 0 Å². The molecule has 3 atom stereocenters. The van der Waals surface area contributed by atoms with Gasteiger partial charge in [-0.25, -0.2) is 4.79 Å². The van der Waals surface area contributed by atoms with Crippen molar-refractivity contribution in [3.8, 4) is 0 Å². The molecule has 0 aromatic rings. The summed E-state index contributed by atoms with van der Waals surface area (Å²) in [6.45, 7) is 2.81. The standard InChI is InChI=1S/C11H19F3N4O/c1-2-8(15)9(11(12,13)14)17-3-4-18-7(6-17)5-16-10(18)19/h7-9H,2-6,15H2,1H3,(H,16,19). The van der Waals surface area contributed by atoms with Crippen molar-refractivity contribution in [2.24, 2.45) is 5.73 Å². The predicted molar refractivity (Wildman–Crippen MR) is 63.6 cm³/mol. The Kier molecular flexibility index (Phi) is 3.91. The summed E-state index contributed by atoms with van der Waals surface area (Å²) in [4.78, 5) is 14.4. The minimum absolute atomic E-state index is 0.185. The van der Waals surface area contributed by atoms with E-state index < -0.39 is 18.3 Å². The van der Waals surface area contributed by atoms with Crippen molar-refractivity contribution >= 4 is 6.03 Å². The van der Waals surface area contributed by atoms with Crippen LogP contribution < -0.4 is 11.1 Å². The average molecular weight is 280 g/mol. The second-order valence-electron chi connectivity index (χ2n) is 5.09. The summed E-state index contributed by atoms with van der Waals surface area (Å²) in [7, 11) is 0. The largest absolute Gasteiger partial charge is 0.405 e. The first-order valence-corrected chi connectivity index (χ1v) is 6.45. The lowest BCUT2D eigenvalue weighted by molar-refractivity contribution is -0.194. The third-order valence-electron chi connectivity index (χ3n) is 3.87. The van der Waals surface area contributed by atoms with Crippen molar-refractivity contribution in [1.82, 2.24) is 15.1 Å². The molecule has 0 radical (unpaired) electrons. The van der Waals surface area contributed by atoms with Crippen LogP contribution in [0.1, 0.15) is 13.3 Å². The fourth-order valence-corrected chi connectivity index (χ4v) is 2.82. The molecule has 8 heteroatoms. The molecule has 0 aromatic carbocycles. The van der Waals surface area contributed by atoms with E-state index in [2.05, 4.69) is 5.32 Å². The van der Waals surface area contributed by atoms with Gasteiger partial charge in [0.05, 0.1) is 6.04 Å². The van der Waals surface area contributed by atoms with Crippen LogP contribution in [0.4, 0.5) is 18.0 Å². The van der Waals surface area contributed by atoms with Crippen molar-refractivity contribution in [1.29, 1.82) is 0 Å². The Morgan fingerprint density at radius 1 is 1.47 bits per heavy atom. The van der Waals surface area contributed by atoms with Gasteiger partial charge in [0.1, 0.15) is 6.04 Å². The fourth-order valence-electron chi connectivity index (χ4n) is 2.82. The Bertz CT molecular complexity index is 349. The van der Waals surface area contributed by atoms with Gasteiger partial charge in [0.15, 0.2) is 0 Å². The highest BCUT2D eigenvalue weighted by atomic mass is 19.4. The Labute approximate surface area is 109 Å². The van der Waals surface area contributed by atoms with Crippen molar-refractivity contribution in [2.45, 2.75) is 37.6 Å². The highest BCUT2D eigenvalue weighted by Crippen LogP contribution is 2.30. The van der Waals surface area contributed by atoms with Crippen LogP contribution in [0.15, 0.2) is 0 Å². The van der Waals surface area contributed by atoms with Crippen LogP contribution >= 0.6 is 0 Å². The smallest absolute Gasteiger partial charge is 0.336 e. The number of hydrogen-bond donors (Lipinski definition) is 2. The molecule has 2 aliphatic heterocycles. The first kappa shape index (κ1) is 14.4. The second-order valence-corrected chi connectivity index (χ2v) is 5.09. The maximum absolute atomic E-state index is 13.1. The molecule has 2 amide bonds. The number of fused-ring (bicyclic) bond motifs is 1. The Hall–Kier alpha value is -1.02. The van der Waals surface area contributed by atoms with Gasteiger partial charge in [0.2, 0.25) is 0 Å². The first-order chi connectivity index (χ1) is 8.84. The van der Waals surface area contributed by atoms with Gasteiger partial charge >= 0.3 is 12.2 Å². The summed E-state index contributed by atoms with van der Waals surface area (Å²) in [6, 6.07) is -2.94. The Balaban J connectivity index is 2.10. The van der Waals surface area contributed by atoms with Gasteiger partial charge in [0, 0.05) is 32.2 Å². The maximum atomic E-state index is 13.1. The molecule has 0 aromatic heterocycles. The number of piperazine rings is 1. The normalized spacial score (nSPS) is 27.9. The molecule has 5 nitrogen and oxygen atoms in total. The number of nitrogens with two attached hydrogens (primary N) is 1. The van der Waals surface area contributed by atoms with Crippen LogP contribution in [-0.4, -0.2) is 66.3 Å². The number of alkyl halides is 3. The SMILES string of the molecule is CCC(N)C(N1CCN2C(=O)NCC2C1)C(F)(F)F. The molecule has 2 aliphatic rings. The number of amides is 2. The summed E-state index contributed by atoms with van der Waals surface area (Å²) < 4.78 is 39.4. The highest BCUT2D eigenvalue weighted by Gasteiger charge is 2.49. The molecular weight excluding hydrogens is 261 g/mol. The molecule has 3 unspecified atom stereocenters. The van der Waals surface area contributed by atoms with Crippen molar-refractivity contribution in [3.63, 3.8) is 0 Å². The number of hydrogen-bond acceptors (Lipinski definition) is 3. The lowest BCUT2D eigenvalue weighted by atomic mass is 10.0. The van der Waals surface area contributed by atoms with E-state index in [-0.39, 0.29) is 31.6 Å². The molecule has 110 valence electrons. The van der Waals surface area contributed by atoms with Crippen LogP contribution in [0.2, 0.25) is 0 Å². The number of halogens is 3. The van der Waals surface area contributed by atoms with Crippen LogP contribution in [0, 0.1) is 0 Å². The van der Waals surface area contributed by atoms with Crippen molar-refractivity contribution < 1.29 is 18.0 Å². The highest BCUT2D eigenvalue weighted by molar-refractivity contribution is 5.77. The van der Waals surface area contributed by atoms with Crippen LogP contribution in [0.3, 0.4) is 0 Å². The monoisotopic (exact) mass is 280 g/mol. The molecule has 19 heavy (non-hydrogen) atoms. The number of nitrogens with zero attached hydrogens (tertiary/aromatic N) is 2. The number of nitrogens with one attached hydrogen (secondary N) is 1. The molecule has 0 saturated carbocycles. The zero-order chi connectivity index (χ0) is 14.2.